The Morgan fingerprint density at radius 3 is 2.12 bits per heavy atom. The van der Waals surface area contributed by atoms with E-state index in [-0.39, 0.29) is 5.41 Å². The summed E-state index contributed by atoms with van der Waals surface area (Å²) in [7, 11) is 0. The van der Waals surface area contributed by atoms with Gasteiger partial charge < -0.3 is 0 Å². The van der Waals surface area contributed by atoms with Gasteiger partial charge in [0.2, 0.25) is 0 Å². The molecule has 1 heteroatoms. The SMILES string of the molecule is Cc1cc(Br)c2ccccc2c1C(C)(C)C. The largest absolute Gasteiger partial charge is 0.0616 e. The maximum atomic E-state index is 3.65. The molecule has 2 aromatic rings. The van der Waals surface area contributed by atoms with E-state index in [2.05, 4.69) is 74.0 Å². The molecule has 16 heavy (non-hydrogen) atoms. The van der Waals surface area contributed by atoms with E-state index in [0.29, 0.717) is 0 Å². The number of hydrogen-bond acceptors (Lipinski definition) is 0. The van der Waals surface area contributed by atoms with E-state index in [1.165, 1.54) is 26.4 Å². The lowest BCUT2D eigenvalue weighted by molar-refractivity contribution is 0.592. The number of benzene rings is 2. The number of halogens is 1. The third-order valence-corrected chi connectivity index (χ3v) is 3.60. The van der Waals surface area contributed by atoms with Crippen LogP contribution in [0.5, 0.6) is 0 Å². The molecule has 0 nitrogen and oxygen atoms in total. The Kier molecular flexibility index (Phi) is 2.83. The zero-order chi connectivity index (χ0) is 11.9. The maximum Gasteiger partial charge on any atom is 0.0256 e. The quantitative estimate of drug-likeness (QED) is 0.620. The van der Waals surface area contributed by atoms with Gasteiger partial charge in [0.05, 0.1) is 0 Å². The summed E-state index contributed by atoms with van der Waals surface area (Å²) < 4.78 is 1.19. The van der Waals surface area contributed by atoms with Crippen molar-refractivity contribution >= 4 is 26.7 Å². The molecule has 0 radical (unpaired) electrons. The highest BCUT2D eigenvalue weighted by Gasteiger charge is 2.20. The number of fused-ring (bicyclic) bond motifs is 1. The number of aryl methyl sites for hydroxylation is 1. The van der Waals surface area contributed by atoms with Crippen molar-refractivity contribution in [1.29, 1.82) is 0 Å². The molecule has 0 aromatic heterocycles. The van der Waals surface area contributed by atoms with Crippen molar-refractivity contribution in [1.82, 2.24) is 0 Å². The van der Waals surface area contributed by atoms with Crippen LogP contribution in [0, 0.1) is 6.92 Å². The van der Waals surface area contributed by atoms with Crippen LogP contribution in [0.3, 0.4) is 0 Å². The highest BCUT2D eigenvalue weighted by atomic mass is 79.9. The minimum Gasteiger partial charge on any atom is -0.0616 e. The first-order valence-corrected chi connectivity index (χ1v) is 6.39. The van der Waals surface area contributed by atoms with Gasteiger partial charge >= 0.3 is 0 Å². The molecule has 2 rings (SSSR count). The molecule has 0 fully saturated rings. The van der Waals surface area contributed by atoms with Gasteiger partial charge in [-0.1, -0.05) is 61.0 Å². The summed E-state index contributed by atoms with van der Waals surface area (Å²) in [4.78, 5) is 0. The Morgan fingerprint density at radius 1 is 1.00 bits per heavy atom. The normalized spacial score (nSPS) is 12.1. The molecule has 0 N–H and O–H groups in total. The second kappa shape index (κ2) is 3.89. The van der Waals surface area contributed by atoms with Gasteiger partial charge in [0, 0.05) is 4.47 Å². The van der Waals surface area contributed by atoms with Crippen LogP contribution in [0.25, 0.3) is 10.8 Å². The molecule has 0 unspecified atom stereocenters. The smallest absolute Gasteiger partial charge is 0.0256 e. The second-order valence-corrected chi connectivity index (χ2v) is 6.20. The third-order valence-electron chi connectivity index (χ3n) is 2.94. The zero-order valence-electron chi connectivity index (χ0n) is 10.3. The van der Waals surface area contributed by atoms with Crippen molar-refractivity contribution in [2.24, 2.45) is 0 Å². The molecule has 0 bridgehead atoms. The first-order valence-electron chi connectivity index (χ1n) is 5.59. The van der Waals surface area contributed by atoms with Crippen LogP contribution in [0.15, 0.2) is 34.8 Å². The van der Waals surface area contributed by atoms with Crippen LogP contribution in [0.4, 0.5) is 0 Å². The van der Waals surface area contributed by atoms with Gasteiger partial charge in [-0.05, 0) is 40.3 Å². The van der Waals surface area contributed by atoms with Crippen LogP contribution in [0.2, 0.25) is 0 Å². The van der Waals surface area contributed by atoms with Gasteiger partial charge in [0.15, 0.2) is 0 Å². The van der Waals surface area contributed by atoms with E-state index >= 15 is 0 Å². The van der Waals surface area contributed by atoms with Crippen molar-refractivity contribution in [2.45, 2.75) is 33.1 Å². The van der Waals surface area contributed by atoms with Crippen molar-refractivity contribution in [3.05, 3.63) is 45.9 Å². The van der Waals surface area contributed by atoms with Crippen molar-refractivity contribution in [3.8, 4) is 0 Å². The first kappa shape index (κ1) is 11.7. The summed E-state index contributed by atoms with van der Waals surface area (Å²) in [5.41, 5.74) is 2.99. The molecule has 0 atom stereocenters. The molecule has 0 amide bonds. The standard InChI is InChI=1S/C15H17Br/c1-10-9-13(16)11-7-5-6-8-12(11)14(10)15(2,3)4/h5-9H,1-4H3. The molecular weight excluding hydrogens is 260 g/mol. The summed E-state index contributed by atoms with van der Waals surface area (Å²) in [6, 6.07) is 10.8. The van der Waals surface area contributed by atoms with Crippen LogP contribution < -0.4 is 0 Å². The third kappa shape index (κ3) is 1.89. The Hall–Kier alpha value is -0.820. The molecular formula is C15H17Br. The zero-order valence-corrected chi connectivity index (χ0v) is 11.9. The molecule has 0 aliphatic carbocycles. The average Bonchev–Trinajstić information content (AvgIpc) is 2.15. The fourth-order valence-electron chi connectivity index (χ4n) is 2.46. The predicted octanol–water partition coefficient (Wildman–Crippen LogP) is 5.21. The van der Waals surface area contributed by atoms with E-state index in [0.717, 1.165) is 0 Å². The summed E-state index contributed by atoms with van der Waals surface area (Å²) in [5.74, 6) is 0. The predicted molar refractivity (Wildman–Crippen MR) is 75.1 cm³/mol. The van der Waals surface area contributed by atoms with Gasteiger partial charge in [0.25, 0.3) is 0 Å². The Labute approximate surface area is 106 Å². The highest BCUT2D eigenvalue weighted by Crippen LogP contribution is 2.36. The molecule has 0 saturated heterocycles. The van der Waals surface area contributed by atoms with Gasteiger partial charge in [0.1, 0.15) is 0 Å². The lowest BCUT2D eigenvalue weighted by Crippen LogP contribution is -2.13. The molecule has 0 heterocycles. The van der Waals surface area contributed by atoms with Crippen molar-refractivity contribution in [2.75, 3.05) is 0 Å². The van der Waals surface area contributed by atoms with Crippen LogP contribution in [-0.2, 0) is 5.41 Å². The highest BCUT2D eigenvalue weighted by molar-refractivity contribution is 9.10. The molecule has 0 aliphatic rings. The van der Waals surface area contributed by atoms with E-state index in [1.54, 1.807) is 0 Å². The fourth-order valence-corrected chi connectivity index (χ4v) is 3.15. The molecule has 0 aliphatic heterocycles. The van der Waals surface area contributed by atoms with Crippen LogP contribution in [-0.4, -0.2) is 0 Å². The number of hydrogen-bond donors (Lipinski definition) is 0. The van der Waals surface area contributed by atoms with Gasteiger partial charge in [-0.2, -0.15) is 0 Å². The van der Waals surface area contributed by atoms with Crippen LogP contribution >= 0.6 is 15.9 Å². The summed E-state index contributed by atoms with van der Waals surface area (Å²) in [6.07, 6.45) is 0. The Morgan fingerprint density at radius 2 is 1.56 bits per heavy atom. The summed E-state index contributed by atoms with van der Waals surface area (Å²) in [5, 5.41) is 2.67. The van der Waals surface area contributed by atoms with Gasteiger partial charge in [-0.25, -0.2) is 0 Å². The monoisotopic (exact) mass is 276 g/mol. The molecule has 0 saturated carbocycles. The molecule has 0 spiro atoms. The fraction of sp³-hybridized carbons (Fsp3) is 0.333. The lowest BCUT2D eigenvalue weighted by atomic mass is 9.81. The summed E-state index contributed by atoms with van der Waals surface area (Å²) >= 11 is 3.65. The van der Waals surface area contributed by atoms with E-state index in [4.69, 9.17) is 0 Å². The second-order valence-electron chi connectivity index (χ2n) is 5.35. The maximum absolute atomic E-state index is 3.65. The van der Waals surface area contributed by atoms with Gasteiger partial charge in [-0.15, -0.1) is 0 Å². The first-order chi connectivity index (χ1) is 7.41. The van der Waals surface area contributed by atoms with E-state index < -0.39 is 0 Å². The average molecular weight is 277 g/mol. The molecule has 84 valence electrons. The number of rotatable bonds is 0. The van der Waals surface area contributed by atoms with E-state index in [1.807, 2.05) is 0 Å². The lowest BCUT2D eigenvalue weighted by Gasteiger charge is -2.24. The van der Waals surface area contributed by atoms with E-state index in [9.17, 15) is 0 Å². The minimum absolute atomic E-state index is 0.185. The summed E-state index contributed by atoms with van der Waals surface area (Å²) in [6.45, 7) is 9.01. The minimum atomic E-state index is 0.185. The Balaban J connectivity index is 2.93. The Bertz CT molecular complexity index is 533. The van der Waals surface area contributed by atoms with Crippen molar-refractivity contribution in [3.63, 3.8) is 0 Å². The van der Waals surface area contributed by atoms with Gasteiger partial charge in [-0.3, -0.25) is 0 Å². The van der Waals surface area contributed by atoms with Crippen LogP contribution in [0.1, 0.15) is 31.9 Å². The van der Waals surface area contributed by atoms with Crippen molar-refractivity contribution < 1.29 is 0 Å². The topological polar surface area (TPSA) is 0 Å². The molecule has 2 aromatic carbocycles.